The highest BCUT2D eigenvalue weighted by atomic mass is 15.1. The van der Waals surface area contributed by atoms with Crippen molar-refractivity contribution in [3.63, 3.8) is 0 Å². The van der Waals surface area contributed by atoms with E-state index in [4.69, 9.17) is 0 Å². The van der Waals surface area contributed by atoms with Crippen molar-refractivity contribution in [2.45, 2.75) is 0 Å². The summed E-state index contributed by atoms with van der Waals surface area (Å²) in [4.78, 5) is 4.23. The fourth-order valence-corrected chi connectivity index (χ4v) is 2.76. The van der Waals surface area contributed by atoms with Crippen LogP contribution in [0.1, 0.15) is 0 Å². The second kappa shape index (κ2) is 6.79. The molecule has 3 aromatic rings. The molecule has 0 aliphatic rings. The molecule has 122 valence electrons. The summed E-state index contributed by atoms with van der Waals surface area (Å²) in [6, 6.07) is 26.1. The van der Waals surface area contributed by atoms with Crippen LogP contribution in [0.2, 0.25) is 0 Å². The minimum atomic E-state index is 1.22. The SMILES string of the molecule is CN(C)c1ccc(-c2ccc(-c3ccc(N(C)C)cc3)cc2)cc1. The van der Waals surface area contributed by atoms with E-state index in [1.165, 1.54) is 33.6 Å². The van der Waals surface area contributed by atoms with Crippen molar-refractivity contribution in [3.05, 3.63) is 72.8 Å². The summed E-state index contributed by atoms with van der Waals surface area (Å²) in [6.07, 6.45) is 0. The molecule has 0 heterocycles. The first kappa shape index (κ1) is 16.1. The number of hydrogen-bond acceptors (Lipinski definition) is 2. The Morgan fingerprint density at radius 1 is 0.375 bits per heavy atom. The Labute approximate surface area is 145 Å². The van der Waals surface area contributed by atoms with Crippen molar-refractivity contribution >= 4 is 11.4 Å². The Kier molecular flexibility index (Phi) is 4.57. The van der Waals surface area contributed by atoms with Crippen LogP contribution in [-0.4, -0.2) is 28.2 Å². The van der Waals surface area contributed by atoms with E-state index in [0.717, 1.165) is 0 Å². The van der Waals surface area contributed by atoms with Crippen LogP contribution in [0.25, 0.3) is 22.3 Å². The molecule has 2 nitrogen and oxygen atoms in total. The zero-order valence-electron chi connectivity index (χ0n) is 14.8. The Hall–Kier alpha value is -2.74. The lowest BCUT2D eigenvalue weighted by Crippen LogP contribution is -2.07. The topological polar surface area (TPSA) is 6.48 Å². The number of rotatable bonds is 4. The predicted molar refractivity (Wildman–Crippen MR) is 106 cm³/mol. The molecule has 0 fully saturated rings. The van der Waals surface area contributed by atoms with E-state index in [9.17, 15) is 0 Å². The minimum Gasteiger partial charge on any atom is -0.378 e. The maximum Gasteiger partial charge on any atom is 0.0361 e. The molecule has 3 rings (SSSR count). The number of hydrogen-bond donors (Lipinski definition) is 0. The van der Waals surface area contributed by atoms with Gasteiger partial charge in [-0.25, -0.2) is 0 Å². The summed E-state index contributed by atoms with van der Waals surface area (Å²) >= 11 is 0. The van der Waals surface area contributed by atoms with E-state index in [2.05, 4.69) is 111 Å². The molecular weight excluding hydrogens is 292 g/mol. The lowest BCUT2D eigenvalue weighted by atomic mass is 10.00. The summed E-state index contributed by atoms with van der Waals surface area (Å²) in [5, 5.41) is 0. The van der Waals surface area contributed by atoms with Gasteiger partial charge in [0, 0.05) is 39.6 Å². The van der Waals surface area contributed by atoms with E-state index in [1.807, 2.05) is 0 Å². The molecule has 0 radical (unpaired) electrons. The second-order valence-corrected chi connectivity index (χ2v) is 6.46. The van der Waals surface area contributed by atoms with Crippen LogP contribution >= 0.6 is 0 Å². The molecular formula is C22H24N2. The first-order chi connectivity index (χ1) is 11.5. The Morgan fingerprint density at radius 2 is 0.583 bits per heavy atom. The van der Waals surface area contributed by atoms with Gasteiger partial charge in [-0.3, -0.25) is 0 Å². The number of benzene rings is 3. The molecule has 0 aliphatic heterocycles. The molecule has 2 heteroatoms. The monoisotopic (exact) mass is 316 g/mol. The zero-order chi connectivity index (χ0) is 17.1. The van der Waals surface area contributed by atoms with Crippen molar-refractivity contribution in [3.8, 4) is 22.3 Å². The van der Waals surface area contributed by atoms with Crippen LogP contribution in [0, 0.1) is 0 Å². The van der Waals surface area contributed by atoms with Crippen molar-refractivity contribution in [1.29, 1.82) is 0 Å². The van der Waals surface area contributed by atoms with Crippen LogP contribution in [0.4, 0.5) is 11.4 Å². The molecule has 3 aromatic carbocycles. The lowest BCUT2D eigenvalue weighted by Gasteiger charge is -2.13. The molecule has 0 spiro atoms. The van der Waals surface area contributed by atoms with Gasteiger partial charge in [0.15, 0.2) is 0 Å². The maximum absolute atomic E-state index is 2.19. The molecule has 0 amide bonds. The molecule has 24 heavy (non-hydrogen) atoms. The normalized spacial score (nSPS) is 10.5. The van der Waals surface area contributed by atoms with Gasteiger partial charge in [0.1, 0.15) is 0 Å². The lowest BCUT2D eigenvalue weighted by molar-refractivity contribution is 1.13. The first-order valence-electron chi connectivity index (χ1n) is 8.20. The van der Waals surface area contributed by atoms with Gasteiger partial charge in [0.25, 0.3) is 0 Å². The fourth-order valence-electron chi connectivity index (χ4n) is 2.76. The third-order valence-corrected chi connectivity index (χ3v) is 4.32. The van der Waals surface area contributed by atoms with Gasteiger partial charge in [-0.2, -0.15) is 0 Å². The summed E-state index contributed by atoms with van der Waals surface area (Å²) in [5.41, 5.74) is 7.42. The Morgan fingerprint density at radius 3 is 0.792 bits per heavy atom. The van der Waals surface area contributed by atoms with Gasteiger partial charge in [0.2, 0.25) is 0 Å². The third kappa shape index (κ3) is 3.43. The fraction of sp³-hybridized carbons (Fsp3) is 0.182. The smallest absolute Gasteiger partial charge is 0.0361 e. The van der Waals surface area contributed by atoms with Gasteiger partial charge in [-0.05, 0) is 46.5 Å². The first-order valence-corrected chi connectivity index (χ1v) is 8.20. The third-order valence-electron chi connectivity index (χ3n) is 4.32. The van der Waals surface area contributed by atoms with E-state index >= 15 is 0 Å². The van der Waals surface area contributed by atoms with Crippen molar-refractivity contribution in [1.82, 2.24) is 0 Å². The molecule has 0 atom stereocenters. The van der Waals surface area contributed by atoms with Gasteiger partial charge in [-0.15, -0.1) is 0 Å². The van der Waals surface area contributed by atoms with Gasteiger partial charge in [0.05, 0.1) is 0 Å². The van der Waals surface area contributed by atoms with Gasteiger partial charge >= 0.3 is 0 Å². The van der Waals surface area contributed by atoms with Crippen molar-refractivity contribution in [2.75, 3.05) is 38.0 Å². The van der Waals surface area contributed by atoms with Gasteiger partial charge in [-0.1, -0.05) is 48.5 Å². The quantitative estimate of drug-likeness (QED) is 0.656. The summed E-state index contributed by atoms with van der Waals surface area (Å²) < 4.78 is 0. The maximum atomic E-state index is 2.19. The molecule has 0 unspecified atom stereocenters. The highest BCUT2D eigenvalue weighted by Gasteiger charge is 2.02. The predicted octanol–water partition coefficient (Wildman–Crippen LogP) is 5.15. The Bertz CT molecular complexity index is 712. The Balaban J connectivity index is 1.82. The van der Waals surface area contributed by atoms with Crippen molar-refractivity contribution < 1.29 is 0 Å². The van der Waals surface area contributed by atoms with Crippen molar-refractivity contribution in [2.24, 2.45) is 0 Å². The highest BCUT2D eigenvalue weighted by molar-refractivity contribution is 5.72. The average Bonchev–Trinajstić information content (AvgIpc) is 2.62. The largest absolute Gasteiger partial charge is 0.378 e. The molecule has 0 saturated heterocycles. The highest BCUT2D eigenvalue weighted by Crippen LogP contribution is 2.27. The molecule has 0 bridgehead atoms. The summed E-state index contributed by atoms with van der Waals surface area (Å²) in [5.74, 6) is 0. The van der Waals surface area contributed by atoms with E-state index in [0.29, 0.717) is 0 Å². The van der Waals surface area contributed by atoms with Crippen LogP contribution < -0.4 is 9.80 Å². The average molecular weight is 316 g/mol. The van der Waals surface area contributed by atoms with E-state index in [1.54, 1.807) is 0 Å². The van der Waals surface area contributed by atoms with Crippen LogP contribution in [0.3, 0.4) is 0 Å². The second-order valence-electron chi connectivity index (χ2n) is 6.46. The minimum absolute atomic E-state index is 1.22. The van der Waals surface area contributed by atoms with Gasteiger partial charge < -0.3 is 9.80 Å². The van der Waals surface area contributed by atoms with E-state index in [-0.39, 0.29) is 0 Å². The number of nitrogens with zero attached hydrogens (tertiary/aromatic N) is 2. The zero-order valence-corrected chi connectivity index (χ0v) is 14.8. The molecule has 0 saturated carbocycles. The van der Waals surface area contributed by atoms with Crippen LogP contribution in [0.15, 0.2) is 72.8 Å². The standard InChI is InChI=1S/C22H24N2/c1-23(2)21-13-9-19(10-14-21)17-5-7-18(8-6-17)20-11-15-22(16-12-20)24(3)4/h5-16H,1-4H3. The van der Waals surface area contributed by atoms with Crippen LogP contribution in [0.5, 0.6) is 0 Å². The van der Waals surface area contributed by atoms with E-state index < -0.39 is 0 Å². The summed E-state index contributed by atoms with van der Waals surface area (Å²) in [6.45, 7) is 0. The molecule has 0 aromatic heterocycles. The van der Waals surface area contributed by atoms with Crippen LogP contribution in [-0.2, 0) is 0 Å². The summed E-state index contributed by atoms with van der Waals surface area (Å²) in [7, 11) is 8.24. The molecule has 0 N–H and O–H groups in total. The number of anilines is 2. The molecule has 0 aliphatic carbocycles.